The van der Waals surface area contributed by atoms with E-state index in [4.69, 9.17) is 0 Å². The van der Waals surface area contributed by atoms with Crippen molar-refractivity contribution in [2.45, 2.75) is 19.5 Å². The van der Waals surface area contributed by atoms with Gasteiger partial charge in [0.15, 0.2) is 0 Å². The van der Waals surface area contributed by atoms with Crippen LogP contribution in [0.5, 0.6) is 0 Å². The van der Waals surface area contributed by atoms with Gasteiger partial charge in [-0.2, -0.15) is 0 Å². The Bertz CT molecular complexity index is 1180. The number of hydrogen-bond acceptors (Lipinski definition) is 3. The van der Waals surface area contributed by atoms with Gasteiger partial charge in [-0.05, 0) is 50.8 Å². The lowest BCUT2D eigenvalue weighted by Gasteiger charge is -2.25. The molecule has 0 saturated carbocycles. The van der Waals surface area contributed by atoms with E-state index >= 15 is 0 Å². The van der Waals surface area contributed by atoms with Crippen LogP contribution in [0.25, 0.3) is 21.8 Å². The topological polar surface area (TPSA) is 49.3 Å². The van der Waals surface area contributed by atoms with E-state index in [1.54, 1.807) is 0 Å². The monoisotopic (exact) mass is 414 g/mol. The first kappa shape index (κ1) is 21.1. The van der Waals surface area contributed by atoms with Gasteiger partial charge in [0.2, 0.25) is 5.91 Å². The zero-order valence-electron chi connectivity index (χ0n) is 18.4. The van der Waals surface area contributed by atoms with Crippen molar-refractivity contribution in [1.82, 2.24) is 14.8 Å². The lowest BCUT2D eigenvalue weighted by molar-refractivity contribution is -0.115. The molecule has 1 amide bonds. The summed E-state index contributed by atoms with van der Waals surface area (Å²) in [6, 6.07) is 25.1. The quantitative estimate of drug-likeness (QED) is 0.441. The predicted molar refractivity (Wildman–Crippen MR) is 129 cm³/mol. The molecule has 3 aromatic carbocycles. The molecular formula is C26H30N4O. The number of aromatic nitrogens is 1. The van der Waals surface area contributed by atoms with Crippen LogP contribution in [0.1, 0.15) is 18.5 Å². The van der Waals surface area contributed by atoms with Crippen molar-refractivity contribution < 1.29 is 4.79 Å². The van der Waals surface area contributed by atoms with Gasteiger partial charge in [0.1, 0.15) is 0 Å². The van der Waals surface area contributed by atoms with Gasteiger partial charge in [-0.3, -0.25) is 4.79 Å². The molecule has 4 rings (SSSR count). The third-order valence-electron chi connectivity index (χ3n) is 5.80. The molecule has 1 aromatic heterocycles. The lowest BCUT2D eigenvalue weighted by atomic mass is 10.1. The maximum atomic E-state index is 12.6. The Morgan fingerprint density at radius 2 is 1.65 bits per heavy atom. The fourth-order valence-corrected chi connectivity index (χ4v) is 4.27. The van der Waals surface area contributed by atoms with E-state index in [1.165, 1.54) is 27.4 Å². The largest absolute Gasteiger partial charge is 0.341 e. The van der Waals surface area contributed by atoms with E-state index in [0.717, 1.165) is 12.2 Å². The minimum atomic E-state index is -0.0378. The minimum absolute atomic E-state index is 0.0378. The molecule has 0 spiro atoms. The van der Waals surface area contributed by atoms with Gasteiger partial charge >= 0.3 is 0 Å². The fraction of sp³-hybridized carbons (Fsp3) is 0.269. The summed E-state index contributed by atoms with van der Waals surface area (Å²) in [5.41, 5.74) is 4.47. The molecule has 0 aliphatic carbocycles. The zero-order chi connectivity index (χ0) is 21.8. The predicted octanol–water partition coefficient (Wildman–Crippen LogP) is 4.65. The maximum absolute atomic E-state index is 12.6. The Morgan fingerprint density at radius 3 is 2.39 bits per heavy atom. The molecule has 1 atom stereocenters. The molecule has 5 heteroatoms. The van der Waals surface area contributed by atoms with E-state index in [2.05, 4.69) is 89.7 Å². The van der Waals surface area contributed by atoms with Crippen molar-refractivity contribution in [2.75, 3.05) is 32.5 Å². The van der Waals surface area contributed by atoms with Crippen LogP contribution in [-0.4, -0.2) is 42.6 Å². The van der Waals surface area contributed by atoms with Crippen molar-refractivity contribution in [2.24, 2.45) is 0 Å². The zero-order valence-corrected chi connectivity index (χ0v) is 18.4. The summed E-state index contributed by atoms with van der Waals surface area (Å²) in [6.45, 7) is 4.04. The number of amides is 1. The molecule has 0 unspecified atom stereocenters. The van der Waals surface area contributed by atoms with E-state index in [1.807, 2.05) is 24.3 Å². The van der Waals surface area contributed by atoms with Gasteiger partial charge < -0.3 is 20.1 Å². The molecule has 0 bridgehead atoms. The van der Waals surface area contributed by atoms with Crippen LogP contribution in [0, 0.1) is 0 Å². The molecule has 0 aliphatic heterocycles. The number of rotatable bonds is 8. The second-order valence-corrected chi connectivity index (χ2v) is 8.06. The van der Waals surface area contributed by atoms with Crippen molar-refractivity contribution >= 4 is 33.4 Å². The molecule has 0 saturated heterocycles. The summed E-state index contributed by atoms with van der Waals surface area (Å²) in [5, 5.41) is 8.73. The lowest BCUT2D eigenvalue weighted by Crippen LogP contribution is -2.35. The van der Waals surface area contributed by atoms with Gasteiger partial charge in [-0.15, -0.1) is 0 Å². The molecule has 4 aromatic rings. The summed E-state index contributed by atoms with van der Waals surface area (Å²) in [5.74, 6) is -0.0378. The summed E-state index contributed by atoms with van der Waals surface area (Å²) in [4.78, 5) is 14.7. The van der Waals surface area contributed by atoms with Gasteiger partial charge in [0.25, 0.3) is 0 Å². The van der Waals surface area contributed by atoms with E-state index in [0.29, 0.717) is 6.54 Å². The van der Waals surface area contributed by atoms with Crippen LogP contribution in [-0.2, 0) is 11.3 Å². The third kappa shape index (κ3) is 4.48. The Labute approximate surface area is 183 Å². The summed E-state index contributed by atoms with van der Waals surface area (Å²) in [6.07, 6.45) is 0. The Morgan fingerprint density at radius 1 is 0.935 bits per heavy atom. The molecule has 5 nitrogen and oxygen atoms in total. The first-order valence-corrected chi connectivity index (χ1v) is 10.8. The van der Waals surface area contributed by atoms with Crippen molar-refractivity contribution in [3.63, 3.8) is 0 Å². The molecular weight excluding hydrogens is 384 g/mol. The number of nitrogens with one attached hydrogen (secondary N) is 2. The first-order valence-electron chi connectivity index (χ1n) is 10.8. The number of nitrogens with zero attached hydrogens (tertiary/aromatic N) is 2. The Kier molecular flexibility index (Phi) is 6.35. The summed E-state index contributed by atoms with van der Waals surface area (Å²) < 4.78 is 2.31. The van der Waals surface area contributed by atoms with Crippen LogP contribution in [0.4, 0.5) is 5.69 Å². The van der Waals surface area contributed by atoms with Crippen LogP contribution in [0.15, 0.2) is 72.8 Å². The first-order chi connectivity index (χ1) is 15.1. The van der Waals surface area contributed by atoms with Gasteiger partial charge in [-0.25, -0.2) is 0 Å². The molecule has 0 fully saturated rings. The molecule has 0 radical (unpaired) electrons. The number of fused-ring (bicyclic) bond motifs is 3. The number of likely N-dealkylation sites (N-methyl/N-ethyl adjacent to an activating group) is 1. The number of anilines is 1. The minimum Gasteiger partial charge on any atom is -0.341 e. The second kappa shape index (κ2) is 9.33. The summed E-state index contributed by atoms with van der Waals surface area (Å²) in [7, 11) is 4.11. The Hall–Kier alpha value is -3.15. The highest BCUT2D eigenvalue weighted by Crippen LogP contribution is 2.30. The second-order valence-electron chi connectivity index (χ2n) is 8.06. The van der Waals surface area contributed by atoms with Crippen LogP contribution < -0.4 is 10.6 Å². The number of para-hydroxylation sites is 1. The number of carbonyl (C=O) groups is 1. The van der Waals surface area contributed by atoms with Crippen LogP contribution >= 0.6 is 0 Å². The van der Waals surface area contributed by atoms with Gasteiger partial charge in [0, 0.05) is 46.6 Å². The number of benzene rings is 3. The number of aryl methyl sites for hydroxylation is 1. The highest BCUT2D eigenvalue weighted by Gasteiger charge is 2.14. The summed E-state index contributed by atoms with van der Waals surface area (Å²) >= 11 is 0. The van der Waals surface area contributed by atoms with Gasteiger partial charge in [0.05, 0.1) is 6.54 Å². The molecule has 0 aliphatic rings. The van der Waals surface area contributed by atoms with Crippen LogP contribution in [0.3, 0.4) is 0 Å². The van der Waals surface area contributed by atoms with Crippen molar-refractivity contribution in [3.8, 4) is 0 Å². The van der Waals surface area contributed by atoms with E-state index in [-0.39, 0.29) is 18.5 Å². The molecule has 160 valence electrons. The average molecular weight is 415 g/mol. The SMILES string of the molecule is CCn1c2ccccc2c2cc(NC(=O)CNC[C@@H](c3ccccc3)N(C)C)ccc21. The fourth-order valence-electron chi connectivity index (χ4n) is 4.27. The maximum Gasteiger partial charge on any atom is 0.238 e. The number of hydrogen-bond donors (Lipinski definition) is 2. The van der Waals surface area contributed by atoms with E-state index < -0.39 is 0 Å². The number of carbonyl (C=O) groups excluding carboxylic acids is 1. The third-order valence-corrected chi connectivity index (χ3v) is 5.80. The molecule has 31 heavy (non-hydrogen) atoms. The highest BCUT2D eigenvalue weighted by atomic mass is 16.1. The van der Waals surface area contributed by atoms with Crippen molar-refractivity contribution in [1.29, 1.82) is 0 Å². The highest BCUT2D eigenvalue weighted by molar-refractivity contribution is 6.09. The molecule has 1 heterocycles. The van der Waals surface area contributed by atoms with Crippen LogP contribution in [0.2, 0.25) is 0 Å². The Balaban J connectivity index is 1.43. The molecule has 2 N–H and O–H groups in total. The van der Waals surface area contributed by atoms with Crippen molar-refractivity contribution in [3.05, 3.63) is 78.4 Å². The average Bonchev–Trinajstić information content (AvgIpc) is 3.10. The normalized spacial score (nSPS) is 12.5. The van der Waals surface area contributed by atoms with E-state index in [9.17, 15) is 4.79 Å². The smallest absolute Gasteiger partial charge is 0.238 e. The standard InChI is InChI=1S/C26H30N4O/c1-4-30-23-13-9-8-12-21(23)22-16-20(14-15-24(22)30)28-26(31)18-27-17-25(29(2)3)19-10-6-5-7-11-19/h5-16,25,27H,4,17-18H2,1-3H3,(H,28,31)/t25-/m0/s1. The van der Waals surface area contributed by atoms with Gasteiger partial charge in [-0.1, -0.05) is 48.5 Å².